The molecular weight excluding hydrogens is 192 g/mol. The van der Waals surface area contributed by atoms with E-state index < -0.39 is 0 Å². The fraction of sp³-hybridized carbons (Fsp3) is 0.625. The molecule has 0 bridgehead atoms. The van der Waals surface area contributed by atoms with E-state index >= 15 is 0 Å². The summed E-state index contributed by atoms with van der Waals surface area (Å²) in [6.07, 6.45) is 13.9. The largest absolute Gasteiger partial charge is 0.0914 e. The summed E-state index contributed by atoms with van der Waals surface area (Å²) in [7, 11) is 0. The van der Waals surface area contributed by atoms with Crippen LogP contribution < -0.4 is 0 Å². The molecular formula is C16H28. The zero-order chi connectivity index (χ0) is 12.4. The fourth-order valence-electron chi connectivity index (χ4n) is 1.98. The normalized spacial score (nSPS) is 15.8. The quantitative estimate of drug-likeness (QED) is 0.485. The van der Waals surface area contributed by atoms with Crippen molar-refractivity contribution in [2.45, 2.75) is 60.3 Å². The molecule has 0 aromatic heterocycles. The molecule has 0 saturated carbocycles. The van der Waals surface area contributed by atoms with Crippen molar-refractivity contribution >= 4 is 0 Å². The second-order valence-corrected chi connectivity index (χ2v) is 4.76. The van der Waals surface area contributed by atoms with Gasteiger partial charge in [-0.25, -0.2) is 0 Å². The molecule has 0 aliphatic heterocycles. The van der Waals surface area contributed by atoms with Gasteiger partial charge in [-0.2, -0.15) is 0 Å². The van der Waals surface area contributed by atoms with Gasteiger partial charge >= 0.3 is 0 Å². The fourth-order valence-corrected chi connectivity index (χ4v) is 1.98. The predicted molar refractivity (Wildman–Crippen MR) is 75.6 cm³/mol. The second kappa shape index (κ2) is 9.45. The lowest BCUT2D eigenvalue weighted by Gasteiger charge is -2.06. The monoisotopic (exact) mass is 220 g/mol. The van der Waals surface area contributed by atoms with Crippen LogP contribution in [0.3, 0.4) is 0 Å². The molecule has 0 aromatic carbocycles. The van der Waals surface area contributed by atoms with Crippen LogP contribution in [-0.2, 0) is 0 Å². The van der Waals surface area contributed by atoms with Crippen molar-refractivity contribution in [1.29, 1.82) is 0 Å². The van der Waals surface area contributed by atoms with Gasteiger partial charge in [0.05, 0.1) is 0 Å². The van der Waals surface area contributed by atoms with Crippen molar-refractivity contribution in [1.82, 2.24) is 0 Å². The van der Waals surface area contributed by atoms with Crippen molar-refractivity contribution < 1.29 is 0 Å². The molecule has 1 unspecified atom stereocenters. The van der Waals surface area contributed by atoms with Crippen LogP contribution in [0.5, 0.6) is 0 Å². The third kappa shape index (κ3) is 8.52. The third-order valence-electron chi connectivity index (χ3n) is 2.75. The van der Waals surface area contributed by atoms with Crippen molar-refractivity contribution in [2.75, 3.05) is 0 Å². The Morgan fingerprint density at radius 3 is 2.38 bits per heavy atom. The maximum Gasteiger partial charge on any atom is -0.0225 e. The zero-order valence-electron chi connectivity index (χ0n) is 11.7. The van der Waals surface area contributed by atoms with E-state index in [1.54, 1.807) is 0 Å². The van der Waals surface area contributed by atoms with Gasteiger partial charge < -0.3 is 0 Å². The summed E-state index contributed by atoms with van der Waals surface area (Å²) in [6.45, 7) is 11.0. The Bertz CT molecular complexity index is 253. The molecule has 0 spiro atoms. The molecule has 0 N–H and O–H groups in total. The van der Waals surface area contributed by atoms with Gasteiger partial charge in [0.25, 0.3) is 0 Å². The van der Waals surface area contributed by atoms with Crippen LogP contribution in [0.25, 0.3) is 0 Å². The Hall–Kier alpha value is -0.780. The number of rotatable bonds is 7. The Morgan fingerprint density at radius 2 is 1.81 bits per heavy atom. The van der Waals surface area contributed by atoms with E-state index in [1.807, 2.05) is 0 Å². The van der Waals surface area contributed by atoms with Crippen LogP contribution in [0.4, 0.5) is 0 Å². The molecule has 0 aliphatic rings. The zero-order valence-corrected chi connectivity index (χ0v) is 11.7. The molecule has 0 saturated heterocycles. The summed E-state index contributed by atoms with van der Waals surface area (Å²) in [6, 6.07) is 0. The van der Waals surface area contributed by atoms with Gasteiger partial charge in [-0.15, -0.1) is 0 Å². The summed E-state index contributed by atoms with van der Waals surface area (Å²) in [4.78, 5) is 0. The first kappa shape index (κ1) is 15.2. The summed E-state index contributed by atoms with van der Waals surface area (Å²) in [5.74, 6) is 0.675. The first-order chi connectivity index (χ1) is 7.60. The average molecular weight is 220 g/mol. The molecule has 0 amide bonds. The van der Waals surface area contributed by atoms with Gasteiger partial charge in [0.15, 0.2) is 0 Å². The van der Waals surface area contributed by atoms with Crippen molar-refractivity contribution in [3.05, 3.63) is 35.5 Å². The number of hydrogen-bond donors (Lipinski definition) is 0. The van der Waals surface area contributed by atoms with E-state index in [-0.39, 0.29) is 0 Å². The molecule has 0 radical (unpaired) electrons. The van der Waals surface area contributed by atoms with E-state index in [0.29, 0.717) is 5.92 Å². The molecule has 0 heterocycles. The number of allylic oxidation sites excluding steroid dienone is 6. The topological polar surface area (TPSA) is 0 Å². The first-order valence-corrected chi connectivity index (χ1v) is 6.54. The highest BCUT2D eigenvalue weighted by Crippen LogP contribution is 2.14. The first-order valence-electron chi connectivity index (χ1n) is 6.54. The van der Waals surface area contributed by atoms with Crippen molar-refractivity contribution in [2.24, 2.45) is 5.92 Å². The lowest BCUT2D eigenvalue weighted by atomic mass is 10.00. The van der Waals surface area contributed by atoms with Gasteiger partial charge in [-0.3, -0.25) is 0 Å². The van der Waals surface area contributed by atoms with E-state index in [9.17, 15) is 0 Å². The Balaban J connectivity index is 3.91. The van der Waals surface area contributed by atoms with Crippen LogP contribution in [0.2, 0.25) is 0 Å². The number of hydrogen-bond acceptors (Lipinski definition) is 0. The molecule has 16 heavy (non-hydrogen) atoms. The minimum atomic E-state index is 0.675. The van der Waals surface area contributed by atoms with Crippen molar-refractivity contribution in [3.8, 4) is 0 Å². The summed E-state index contributed by atoms with van der Waals surface area (Å²) < 4.78 is 0. The van der Waals surface area contributed by atoms with Crippen LogP contribution in [0.15, 0.2) is 35.5 Å². The second-order valence-electron chi connectivity index (χ2n) is 4.76. The maximum atomic E-state index is 2.40. The van der Waals surface area contributed by atoms with Crippen LogP contribution in [0.1, 0.15) is 60.3 Å². The van der Waals surface area contributed by atoms with Gasteiger partial charge in [0, 0.05) is 0 Å². The third-order valence-corrected chi connectivity index (χ3v) is 2.75. The highest BCUT2D eigenvalue weighted by atomic mass is 14.0. The van der Waals surface area contributed by atoms with Crippen LogP contribution >= 0.6 is 0 Å². The van der Waals surface area contributed by atoms with E-state index in [1.165, 1.54) is 30.4 Å². The molecule has 0 nitrogen and oxygen atoms in total. The molecule has 92 valence electrons. The molecule has 1 atom stereocenters. The minimum Gasteiger partial charge on any atom is -0.0914 e. The standard InChI is InChI=1S/C16H28/c1-6-9-14(3)11-8-12-16(5)13-15(4)10-7-2/h7,9-10,12,15H,6,8,11,13H2,1-5H3/b10-7+,14-9+,16-12+. The van der Waals surface area contributed by atoms with Crippen LogP contribution in [-0.4, -0.2) is 0 Å². The lowest BCUT2D eigenvalue weighted by molar-refractivity contribution is 0.711. The van der Waals surface area contributed by atoms with Gasteiger partial charge in [0.2, 0.25) is 0 Å². The van der Waals surface area contributed by atoms with Crippen LogP contribution in [0, 0.1) is 5.92 Å². The van der Waals surface area contributed by atoms with E-state index in [0.717, 1.165) is 6.42 Å². The van der Waals surface area contributed by atoms with E-state index in [4.69, 9.17) is 0 Å². The Kier molecular flexibility index (Phi) is 8.99. The summed E-state index contributed by atoms with van der Waals surface area (Å²) in [5, 5.41) is 0. The van der Waals surface area contributed by atoms with Crippen molar-refractivity contribution in [3.63, 3.8) is 0 Å². The Morgan fingerprint density at radius 1 is 1.12 bits per heavy atom. The highest BCUT2D eigenvalue weighted by molar-refractivity contribution is 5.05. The van der Waals surface area contributed by atoms with Gasteiger partial charge in [0.1, 0.15) is 0 Å². The molecule has 0 aliphatic carbocycles. The average Bonchev–Trinajstić information content (AvgIpc) is 2.18. The smallest absolute Gasteiger partial charge is 0.0225 e. The van der Waals surface area contributed by atoms with Gasteiger partial charge in [-0.1, -0.05) is 49.3 Å². The molecule has 0 aromatic rings. The van der Waals surface area contributed by atoms with E-state index in [2.05, 4.69) is 58.9 Å². The molecule has 0 rings (SSSR count). The molecule has 0 heteroatoms. The minimum absolute atomic E-state index is 0.675. The Labute approximate surface area is 102 Å². The summed E-state index contributed by atoms with van der Waals surface area (Å²) >= 11 is 0. The lowest BCUT2D eigenvalue weighted by Crippen LogP contribution is -1.90. The maximum absolute atomic E-state index is 2.40. The SMILES string of the molecule is C/C=C/C(C)C/C(C)=C/CC/C(C)=C/CC. The van der Waals surface area contributed by atoms with Gasteiger partial charge in [-0.05, 0) is 52.4 Å². The molecule has 0 fully saturated rings. The predicted octanol–water partition coefficient (Wildman–Crippen LogP) is 5.67. The summed E-state index contributed by atoms with van der Waals surface area (Å²) in [5.41, 5.74) is 3.04. The highest BCUT2D eigenvalue weighted by Gasteiger charge is 1.97.